The first kappa shape index (κ1) is 16.4. The SMILES string of the molecule is CCC1CCCC(C(O)c2cc(Cl)c(OC)c(OC)c2)C1. The second-order valence-electron chi connectivity index (χ2n) is 5.88. The molecular weight excluding hydrogens is 288 g/mol. The summed E-state index contributed by atoms with van der Waals surface area (Å²) in [5.41, 5.74) is 0.819. The average molecular weight is 313 g/mol. The third-order valence-corrected chi connectivity index (χ3v) is 4.93. The smallest absolute Gasteiger partial charge is 0.179 e. The molecule has 3 atom stereocenters. The first-order chi connectivity index (χ1) is 10.1. The molecule has 1 aliphatic carbocycles. The molecule has 4 heteroatoms. The Hall–Kier alpha value is -0.930. The molecule has 1 N–H and O–H groups in total. The van der Waals surface area contributed by atoms with Crippen molar-refractivity contribution in [1.29, 1.82) is 0 Å². The van der Waals surface area contributed by atoms with Crippen LogP contribution in [-0.4, -0.2) is 19.3 Å². The lowest BCUT2D eigenvalue weighted by molar-refractivity contribution is 0.0676. The van der Waals surface area contributed by atoms with Crippen molar-refractivity contribution in [2.24, 2.45) is 11.8 Å². The van der Waals surface area contributed by atoms with Crippen LogP contribution in [0.4, 0.5) is 0 Å². The number of aliphatic hydroxyl groups excluding tert-OH is 1. The minimum atomic E-state index is -0.489. The zero-order valence-electron chi connectivity index (χ0n) is 13.1. The summed E-state index contributed by atoms with van der Waals surface area (Å²) in [6.45, 7) is 2.23. The van der Waals surface area contributed by atoms with E-state index < -0.39 is 6.10 Å². The van der Waals surface area contributed by atoms with Gasteiger partial charge < -0.3 is 14.6 Å². The van der Waals surface area contributed by atoms with Crippen LogP contribution in [0.25, 0.3) is 0 Å². The predicted molar refractivity (Wildman–Crippen MR) is 85.3 cm³/mol. The highest BCUT2D eigenvalue weighted by Crippen LogP contribution is 2.42. The molecule has 118 valence electrons. The maximum Gasteiger partial charge on any atom is 0.179 e. The second-order valence-corrected chi connectivity index (χ2v) is 6.29. The van der Waals surface area contributed by atoms with Crippen molar-refractivity contribution < 1.29 is 14.6 Å². The molecule has 1 aromatic carbocycles. The first-order valence-electron chi connectivity index (χ1n) is 7.70. The summed E-state index contributed by atoms with van der Waals surface area (Å²) in [4.78, 5) is 0. The molecule has 1 fully saturated rings. The summed E-state index contributed by atoms with van der Waals surface area (Å²) in [6, 6.07) is 3.63. The van der Waals surface area contributed by atoms with Crippen LogP contribution in [0.15, 0.2) is 12.1 Å². The Balaban J connectivity index is 2.22. The van der Waals surface area contributed by atoms with Crippen molar-refractivity contribution >= 4 is 11.6 Å². The quantitative estimate of drug-likeness (QED) is 0.863. The highest BCUT2D eigenvalue weighted by atomic mass is 35.5. The van der Waals surface area contributed by atoms with Gasteiger partial charge in [0, 0.05) is 0 Å². The van der Waals surface area contributed by atoms with Gasteiger partial charge in [0.15, 0.2) is 11.5 Å². The second kappa shape index (κ2) is 7.37. The van der Waals surface area contributed by atoms with Gasteiger partial charge in [0.05, 0.1) is 25.3 Å². The molecule has 3 nitrogen and oxygen atoms in total. The van der Waals surface area contributed by atoms with Gasteiger partial charge in [0.25, 0.3) is 0 Å². The molecule has 2 rings (SSSR count). The summed E-state index contributed by atoms with van der Waals surface area (Å²) in [7, 11) is 3.14. The van der Waals surface area contributed by atoms with Crippen LogP contribution in [-0.2, 0) is 0 Å². The van der Waals surface area contributed by atoms with Crippen LogP contribution >= 0.6 is 11.6 Å². The van der Waals surface area contributed by atoms with Gasteiger partial charge in [0.1, 0.15) is 0 Å². The van der Waals surface area contributed by atoms with Crippen molar-refractivity contribution in [2.45, 2.75) is 45.1 Å². The Morgan fingerprint density at radius 3 is 2.67 bits per heavy atom. The zero-order chi connectivity index (χ0) is 15.4. The van der Waals surface area contributed by atoms with E-state index in [1.54, 1.807) is 20.3 Å². The van der Waals surface area contributed by atoms with Crippen molar-refractivity contribution in [3.8, 4) is 11.5 Å². The van der Waals surface area contributed by atoms with Gasteiger partial charge in [-0.1, -0.05) is 37.8 Å². The lowest BCUT2D eigenvalue weighted by Gasteiger charge is -2.32. The molecule has 0 spiro atoms. The Labute approximate surface area is 132 Å². The molecule has 0 saturated heterocycles. The zero-order valence-corrected chi connectivity index (χ0v) is 13.8. The van der Waals surface area contributed by atoms with Crippen molar-refractivity contribution in [2.75, 3.05) is 14.2 Å². The highest BCUT2D eigenvalue weighted by Gasteiger charge is 2.28. The Bertz CT molecular complexity index is 475. The number of methoxy groups -OCH3 is 2. The molecule has 1 aromatic rings. The molecule has 0 bridgehead atoms. The van der Waals surface area contributed by atoms with Crippen LogP contribution in [0.1, 0.15) is 50.7 Å². The molecule has 1 saturated carbocycles. The number of hydrogen-bond acceptors (Lipinski definition) is 3. The Kier molecular flexibility index (Phi) is 5.77. The monoisotopic (exact) mass is 312 g/mol. The molecule has 0 heterocycles. The number of ether oxygens (including phenoxy) is 2. The summed E-state index contributed by atoms with van der Waals surface area (Å²) in [6.07, 6.45) is 5.34. The van der Waals surface area contributed by atoms with E-state index in [1.807, 2.05) is 6.07 Å². The predicted octanol–water partition coefficient (Wildman–Crippen LogP) is 4.61. The van der Waals surface area contributed by atoms with Gasteiger partial charge >= 0.3 is 0 Å². The third-order valence-electron chi connectivity index (χ3n) is 4.64. The topological polar surface area (TPSA) is 38.7 Å². The molecule has 3 unspecified atom stereocenters. The molecule has 21 heavy (non-hydrogen) atoms. The summed E-state index contributed by atoms with van der Waals surface area (Å²) < 4.78 is 10.6. The molecule has 1 aliphatic rings. The Morgan fingerprint density at radius 1 is 1.29 bits per heavy atom. The van der Waals surface area contributed by atoms with E-state index in [-0.39, 0.29) is 0 Å². The molecular formula is C17H25ClO3. The van der Waals surface area contributed by atoms with Crippen LogP contribution < -0.4 is 9.47 Å². The van der Waals surface area contributed by atoms with E-state index in [2.05, 4.69) is 6.92 Å². The van der Waals surface area contributed by atoms with Gasteiger partial charge in [-0.2, -0.15) is 0 Å². The van der Waals surface area contributed by atoms with Crippen LogP contribution in [0, 0.1) is 11.8 Å². The molecule has 0 radical (unpaired) electrons. The van der Waals surface area contributed by atoms with E-state index in [0.29, 0.717) is 22.4 Å². The van der Waals surface area contributed by atoms with E-state index >= 15 is 0 Å². The largest absolute Gasteiger partial charge is 0.493 e. The van der Waals surface area contributed by atoms with Gasteiger partial charge in [-0.25, -0.2) is 0 Å². The number of benzene rings is 1. The van der Waals surface area contributed by atoms with Crippen LogP contribution in [0.3, 0.4) is 0 Å². The molecule has 0 aromatic heterocycles. The van der Waals surface area contributed by atoms with Crippen LogP contribution in [0.5, 0.6) is 11.5 Å². The summed E-state index contributed by atoms with van der Waals surface area (Å²) >= 11 is 6.24. The number of hydrogen-bond donors (Lipinski definition) is 1. The third kappa shape index (κ3) is 3.64. The number of rotatable bonds is 5. The van der Waals surface area contributed by atoms with Crippen molar-refractivity contribution in [1.82, 2.24) is 0 Å². The standard InChI is InChI=1S/C17H25ClO3/c1-4-11-6-5-7-12(8-11)16(19)13-9-14(18)17(21-3)15(10-13)20-2/h9-12,16,19H,4-8H2,1-3H3. The minimum absolute atomic E-state index is 0.304. The molecule has 0 aliphatic heterocycles. The minimum Gasteiger partial charge on any atom is -0.493 e. The fraction of sp³-hybridized carbons (Fsp3) is 0.647. The van der Waals surface area contributed by atoms with Gasteiger partial charge in [-0.3, -0.25) is 0 Å². The van der Waals surface area contributed by atoms with Crippen molar-refractivity contribution in [3.05, 3.63) is 22.7 Å². The highest BCUT2D eigenvalue weighted by molar-refractivity contribution is 6.32. The van der Waals surface area contributed by atoms with E-state index in [9.17, 15) is 5.11 Å². The average Bonchev–Trinajstić information content (AvgIpc) is 2.53. The molecule has 0 amide bonds. The lowest BCUT2D eigenvalue weighted by atomic mass is 9.76. The summed E-state index contributed by atoms with van der Waals surface area (Å²) in [5, 5.41) is 11.2. The number of aliphatic hydroxyl groups is 1. The first-order valence-corrected chi connectivity index (χ1v) is 8.07. The maximum absolute atomic E-state index is 10.7. The Morgan fingerprint density at radius 2 is 2.05 bits per heavy atom. The normalized spacial score (nSPS) is 23.7. The van der Waals surface area contributed by atoms with Crippen molar-refractivity contribution in [3.63, 3.8) is 0 Å². The fourth-order valence-corrected chi connectivity index (χ4v) is 3.67. The van der Waals surface area contributed by atoms with Crippen LogP contribution in [0.2, 0.25) is 5.02 Å². The summed E-state index contributed by atoms with van der Waals surface area (Å²) in [5.74, 6) is 2.12. The lowest BCUT2D eigenvalue weighted by Crippen LogP contribution is -2.21. The van der Waals surface area contributed by atoms with Gasteiger partial charge in [-0.15, -0.1) is 0 Å². The number of halogens is 1. The van der Waals surface area contributed by atoms with Gasteiger partial charge in [0.2, 0.25) is 0 Å². The fourth-order valence-electron chi connectivity index (χ4n) is 3.37. The van der Waals surface area contributed by atoms with E-state index in [0.717, 1.165) is 24.3 Å². The maximum atomic E-state index is 10.7. The van der Waals surface area contributed by atoms with E-state index in [4.69, 9.17) is 21.1 Å². The van der Waals surface area contributed by atoms with Gasteiger partial charge in [-0.05, 0) is 42.4 Å². The van der Waals surface area contributed by atoms with E-state index in [1.165, 1.54) is 19.3 Å².